The topological polar surface area (TPSA) is 54.0 Å². The zero-order valence-corrected chi connectivity index (χ0v) is 16.3. The molecule has 146 valence electrons. The first-order valence-corrected chi connectivity index (χ1v) is 9.31. The standard InChI is InChI=1S/C20H18F3N3OS/c1-11-8-12(2)17(13(3)9-11)16-10-28-19(25-16)26-18(27)24-15-7-5-4-6-14(15)20(21,22)23/h4-10H,1-3H3,(H2,24,25,26,27). The Bertz CT molecular complexity index is 1000. The summed E-state index contributed by atoms with van der Waals surface area (Å²) >= 11 is 1.21. The lowest BCUT2D eigenvalue weighted by molar-refractivity contribution is -0.136. The van der Waals surface area contributed by atoms with Gasteiger partial charge in [-0.25, -0.2) is 9.78 Å². The van der Waals surface area contributed by atoms with E-state index in [4.69, 9.17) is 0 Å². The first-order valence-electron chi connectivity index (χ1n) is 8.43. The maximum absolute atomic E-state index is 13.0. The largest absolute Gasteiger partial charge is 0.418 e. The molecule has 2 aromatic carbocycles. The molecule has 0 saturated carbocycles. The summed E-state index contributed by atoms with van der Waals surface area (Å²) in [7, 11) is 0. The van der Waals surface area contributed by atoms with Crippen molar-refractivity contribution < 1.29 is 18.0 Å². The molecule has 28 heavy (non-hydrogen) atoms. The van der Waals surface area contributed by atoms with Gasteiger partial charge in [-0.2, -0.15) is 13.2 Å². The van der Waals surface area contributed by atoms with Gasteiger partial charge in [-0.05, 0) is 44.0 Å². The van der Waals surface area contributed by atoms with Crippen LogP contribution in [0.2, 0.25) is 0 Å². The molecule has 0 aliphatic heterocycles. The van der Waals surface area contributed by atoms with Crippen molar-refractivity contribution in [1.82, 2.24) is 4.98 Å². The van der Waals surface area contributed by atoms with Crippen LogP contribution >= 0.6 is 11.3 Å². The average Bonchev–Trinajstić information content (AvgIpc) is 3.01. The Balaban J connectivity index is 1.77. The molecule has 3 aromatic rings. The van der Waals surface area contributed by atoms with E-state index < -0.39 is 17.8 Å². The maximum atomic E-state index is 13.0. The molecule has 0 atom stereocenters. The van der Waals surface area contributed by atoms with Gasteiger partial charge in [0, 0.05) is 10.9 Å². The molecule has 0 unspecified atom stereocenters. The predicted octanol–water partition coefficient (Wildman–Crippen LogP) is 6.40. The molecule has 0 spiro atoms. The van der Waals surface area contributed by atoms with Gasteiger partial charge in [0.2, 0.25) is 0 Å². The number of carbonyl (C=O) groups excluding carboxylic acids is 1. The number of para-hydroxylation sites is 1. The van der Waals surface area contributed by atoms with Crippen LogP contribution in [0.3, 0.4) is 0 Å². The van der Waals surface area contributed by atoms with E-state index in [1.165, 1.54) is 29.5 Å². The second-order valence-corrected chi connectivity index (χ2v) is 7.29. The van der Waals surface area contributed by atoms with Crippen LogP contribution in [0.25, 0.3) is 11.3 Å². The number of thiazole rings is 1. The molecule has 1 heterocycles. The van der Waals surface area contributed by atoms with E-state index in [0.717, 1.165) is 28.3 Å². The van der Waals surface area contributed by atoms with Gasteiger partial charge in [0.25, 0.3) is 0 Å². The summed E-state index contributed by atoms with van der Waals surface area (Å²) in [5.74, 6) is 0. The van der Waals surface area contributed by atoms with Crippen LogP contribution in [-0.4, -0.2) is 11.0 Å². The Morgan fingerprint density at radius 1 is 1.04 bits per heavy atom. The third-order valence-electron chi connectivity index (χ3n) is 4.14. The number of amides is 2. The second-order valence-electron chi connectivity index (χ2n) is 6.43. The molecular weight excluding hydrogens is 387 g/mol. The fourth-order valence-corrected chi connectivity index (χ4v) is 3.82. The average molecular weight is 405 g/mol. The van der Waals surface area contributed by atoms with E-state index in [1.807, 2.05) is 26.2 Å². The second kappa shape index (κ2) is 7.63. The summed E-state index contributed by atoms with van der Waals surface area (Å²) in [6, 6.07) is 8.13. The predicted molar refractivity (Wildman–Crippen MR) is 106 cm³/mol. The minimum atomic E-state index is -4.56. The first kappa shape index (κ1) is 19.9. The van der Waals surface area contributed by atoms with Gasteiger partial charge in [0.15, 0.2) is 5.13 Å². The highest BCUT2D eigenvalue weighted by Crippen LogP contribution is 2.35. The summed E-state index contributed by atoms with van der Waals surface area (Å²) in [6.45, 7) is 5.99. The van der Waals surface area contributed by atoms with Gasteiger partial charge in [-0.3, -0.25) is 5.32 Å². The molecule has 3 rings (SSSR count). The number of nitrogens with one attached hydrogen (secondary N) is 2. The number of rotatable bonds is 3. The summed E-state index contributed by atoms with van der Waals surface area (Å²) in [4.78, 5) is 16.6. The normalized spacial score (nSPS) is 11.4. The number of halogens is 3. The van der Waals surface area contributed by atoms with Gasteiger partial charge >= 0.3 is 12.2 Å². The van der Waals surface area contributed by atoms with Crippen molar-refractivity contribution in [3.8, 4) is 11.3 Å². The first-order chi connectivity index (χ1) is 13.1. The van der Waals surface area contributed by atoms with Gasteiger partial charge in [-0.15, -0.1) is 11.3 Å². The Hall–Kier alpha value is -2.87. The highest BCUT2D eigenvalue weighted by atomic mass is 32.1. The third kappa shape index (κ3) is 4.33. The van der Waals surface area contributed by atoms with Gasteiger partial charge in [0.1, 0.15) is 0 Å². The lowest BCUT2D eigenvalue weighted by atomic mass is 9.98. The number of carbonyl (C=O) groups is 1. The Labute approximate surface area is 164 Å². The minimum Gasteiger partial charge on any atom is -0.307 e. The van der Waals surface area contributed by atoms with Crippen molar-refractivity contribution in [2.24, 2.45) is 0 Å². The monoisotopic (exact) mass is 405 g/mol. The van der Waals surface area contributed by atoms with E-state index in [-0.39, 0.29) is 5.69 Å². The molecule has 2 N–H and O–H groups in total. The van der Waals surface area contributed by atoms with Crippen LogP contribution in [0.15, 0.2) is 41.8 Å². The van der Waals surface area contributed by atoms with Crippen LogP contribution in [0.4, 0.5) is 28.8 Å². The number of hydrogen-bond donors (Lipinski definition) is 2. The third-order valence-corrected chi connectivity index (χ3v) is 4.90. The lowest BCUT2D eigenvalue weighted by Gasteiger charge is -2.13. The van der Waals surface area contributed by atoms with Crippen LogP contribution in [-0.2, 0) is 6.18 Å². The highest BCUT2D eigenvalue weighted by molar-refractivity contribution is 7.14. The van der Waals surface area contributed by atoms with Gasteiger partial charge in [-0.1, -0.05) is 29.8 Å². The smallest absolute Gasteiger partial charge is 0.307 e. The SMILES string of the molecule is Cc1cc(C)c(-c2csc(NC(=O)Nc3ccccc3C(F)(F)F)n2)c(C)c1. The van der Waals surface area contributed by atoms with Crippen LogP contribution in [0, 0.1) is 20.8 Å². The fourth-order valence-electron chi connectivity index (χ4n) is 3.12. The molecule has 0 saturated heterocycles. The van der Waals surface area contributed by atoms with E-state index in [1.54, 1.807) is 0 Å². The number of benzene rings is 2. The van der Waals surface area contributed by atoms with Gasteiger partial charge < -0.3 is 5.32 Å². The number of anilines is 2. The maximum Gasteiger partial charge on any atom is 0.418 e. The molecule has 0 fully saturated rings. The molecule has 4 nitrogen and oxygen atoms in total. The van der Waals surface area contributed by atoms with Crippen molar-refractivity contribution in [3.05, 3.63) is 64.0 Å². The number of aryl methyl sites for hydroxylation is 3. The summed E-state index contributed by atoms with van der Waals surface area (Å²) in [6.07, 6.45) is -4.56. The van der Waals surface area contributed by atoms with E-state index in [0.29, 0.717) is 10.8 Å². The number of nitrogens with zero attached hydrogens (tertiary/aromatic N) is 1. The van der Waals surface area contributed by atoms with Gasteiger partial charge in [0.05, 0.1) is 16.9 Å². The molecule has 0 aliphatic rings. The molecule has 1 aromatic heterocycles. The lowest BCUT2D eigenvalue weighted by Crippen LogP contribution is -2.21. The van der Waals surface area contributed by atoms with Crippen molar-refractivity contribution in [1.29, 1.82) is 0 Å². The quantitative estimate of drug-likeness (QED) is 0.530. The Morgan fingerprint density at radius 2 is 1.68 bits per heavy atom. The molecule has 0 aliphatic carbocycles. The van der Waals surface area contributed by atoms with Crippen molar-refractivity contribution >= 4 is 28.2 Å². The van der Waals surface area contributed by atoms with Crippen molar-refractivity contribution in [2.45, 2.75) is 26.9 Å². The number of aromatic nitrogens is 1. The number of urea groups is 1. The summed E-state index contributed by atoms with van der Waals surface area (Å²) in [5, 5.41) is 6.85. The number of hydrogen-bond acceptors (Lipinski definition) is 3. The summed E-state index contributed by atoms with van der Waals surface area (Å²) < 4.78 is 39.1. The zero-order valence-electron chi connectivity index (χ0n) is 15.4. The van der Waals surface area contributed by atoms with Crippen LogP contribution < -0.4 is 10.6 Å². The molecule has 0 bridgehead atoms. The Kier molecular flexibility index (Phi) is 5.42. The van der Waals surface area contributed by atoms with E-state index in [2.05, 4.69) is 27.8 Å². The van der Waals surface area contributed by atoms with Crippen molar-refractivity contribution in [2.75, 3.05) is 10.6 Å². The van der Waals surface area contributed by atoms with Crippen molar-refractivity contribution in [3.63, 3.8) is 0 Å². The number of alkyl halides is 3. The van der Waals surface area contributed by atoms with E-state index >= 15 is 0 Å². The Morgan fingerprint density at radius 3 is 2.32 bits per heavy atom. The van der Waals surface area contributed by atoms with Crippen LogP contribution in [0.5, 0.6) is 0 Å². The fraction of sp³-hybridized carbons (Fsp3) is 0.200. The zero-order chi connectivity index (χ0) is 20.5. The molecule has 2 amide bonds. The summed E-state index contributed by atoms with van der Waals surface area (Å²) in [5.41, 5.74) is 3.76. The van der Waals surface area contributed by atoms with Crippen LogP contribution in [0.1, 0.15) is 22.3 Å². The molecule has 8 heteroatoms. The van der Waals surface area contributed by atoms with E-state index in [9.17, 15) is 18.0 Å². The molecule has 0 radical (unpaired) electrons. The highest BCUT2D eigenvalue weighted by Gasteiger charge is 2.33. The molecular formula is C20H18F3N3OS. The minimum absolute atomic E-state index is 0.302.